The maximum Gasteiger partial charge on any atom is 0.250 e. The molecule has 13 heavy (non-hydrogen) atoms. The lowest BCUT2D eigenvalue weighted by Crippen LogP contribution is -2.40. The third-order valence-corrected chi connectivity index (χ3v) is 1.98. The molecule has 0 fully saturated rings. The van der Waals surface area contributed by atoms with Gasteiger partial charge in [-0.25, -0.2) is 0 Å². The van der Waals surface area contributed by atoms with Gasteiger partial charge < -0.3 is 5.73 Å². The molecular weight excluding hydrogens is 170 g/mol. The standard InChI is InChI=1S/C9H11NO3/c1-2-3-4-5(11)6-7(10)9(13)8(6)12/h2-4,10H2,1H3. The number of rotatable bonds is 4. The van der Waals surface area contributed by atoms with E-state index in [0.29, 0.717) is 6.42 Å². The first-order valence-corrected chi connectivity index (χ1v) is 4.21. The Labute approximate surface area is 75.1 Å². The highest BCUT2D eigenvalue weighted by Gasteiger charge is 2.23. The van der Waals surface area contributed by atoms with E-state index >= 15 is 0 Å². The summed E-state index contributed by atoms with van der Waals surface area (Å²) in [7, 11) is 0. The summed E-state index contributed by atoms with van der Waals surface area (Å²) in [4.78, 5) is 32.8. The second kappa shape index (κ2) is 3.51. The predicted molar refractivity (Wildman–Crippen MR) is 49.6 cm³/mol. The zero-order chi connectivity index (χ0) is 10.0. The van der Waals surface area contributed by atoms with Gasteiger partial charge in [0.1, 0.15) is 0 Å². The normalized spacial score (nSPS) is 10.5. The fourth-order valence-corrected chi connectivity index (χ4v) is 1.15. The van der Waals surface area contributed by atoms with Gasteiger partial charge in [0.2, 0.25) is 10.9 Å². The van der Waals surface area contributed by atoms with Crippen LogP contribution < -0.4 is 16.6 Å². The number of nitrogens with two attached hydrogens (primary N) is 1. The molecule has 0 unspecified atom stereocenters. The van der Waals surface area contributed by atoms with Crippen molar-refractivity contribution in [2.75, 3.05) is 5.73 Å². The minimum atomic E-state index is -0.724. The fourth-order valence-electron chi connectivity index (χ4n) is 1.15. The van der Waals surface area contributed by atoms with Crippen molar-refractivity contribution in [1.29, 1.82) is 0 Å². The highest BCUT2D eigenvalue weighted by Crippen LogP contribution is 2.08. The lowest BCUT2D eigenvalue weighted by Gasteiger charge is -2.04. The first-order valence-electron chi connectivity index (χ1n) is 4.21. The minimum Gasteiger partial charge on any atom is -0.395 e. The van der Waals surface area contributed by atoms with Crippen molar-refractivity contribution in [2.45, 2.75) is 26.2 Å². The number of carbonyl (C=O) groups excluding carboxylic acids is 1. The lowest BCUT2D eigenvalue weighted by atomic mass is 9.99. The molecule has 2 N–H and O–H groups in total. The molecule has 1 rings (SSSR count). The second-order valence-corrected chi connectivity index (χ2v) is 2.97. The van der Waals surface area contributed by atoms with Crippen LogP contribution in [0.2, 0.25) is 0 Å². The molecule has 0 spiro atoms. The monoisotopic (exact) mass is 181 g/mol. The van der Waals surface area contributed by atoms with Gasteiger partial charge in [-0.15, -0.1) is 0 Å². The smallest absolute Gasteiger partial charge is 0.250 e. The summed E-state index contributed by atoms with van der Waals surface area (Å²) in [5.74, 6) is -0.302. The summed E-state index contributed by atoms with van der Waals surface area (Å²) in [5.41, 5.74) is 3.53. The Morgan fingerprint density at radius 1 is 1.31 bits per heavy atom. The van der Waals surface area contributed by atoms with E-state index in [1.807, 2.05) is 6.92 Å². The topological polar surface area (TPSA) is 77.2 Å². The third-order valence-electron chi connectivity index (χ3n) is 1.98. The zero-order valence-electron chi connectivity index (χ0n) is 7.42. The maximum absolute atomic E-state index is 11.2. The highest BCUT2D eigenvalue weighted by atomic mass is 16.2. The van der Waals surface area contributed by atoms with Crippen molar-refractivity contribution in [3.63, 3.8) is 0 Å². The first-order chi connectivity index (χ1) is 6.09. The predicted octanol–water partition coefficient (Wildman–Crippen LogP) is 0.238. The molecule has 0 atom stereocenters. The van der Waals surface area contributed by atoms with E-state index in [9.17, 15) is 14.4 Å². The van der Waals surface area contributed by atoms with Crippen LogP contribution in [0.5, 0.6) is 0 Å². The number of ketones is 1. The van der Waals surface area contributed by atoms with E-state index in [0.717, 1.165) is 12.8 Å². The first kappa shape index (κ1) is 9.64. The minimum absolute atomic E-state index is 0.0848. The maximum atomic E-state index is 11.2. The molecule has 0 saturated heterocycles. The Kier molecular flexibility index (Phi) is 2.60. The molecule has 0 aliphatic heterocycles. The Balaban J connectivity index is 2.80. The molecule has 1 aromatic carbocycles. The van der Waals surface area contributed by atoms with Crippen molar-refractivity contribution in [2.24, 2.45) is 0 Å². The van der Waals surface area contributed by atoms with Crippen molar-refractivity contribution in [3.8, 4) is 0 Å². The van der Waals surface area contributed by atoms with Crippen LogP contribution in [0, 0.1) is 0 Å². The number of Topliss-reactive ketones (excluding diaryl/α,β-unsaturated/α-hetero) is 1. The second-order valence-electron chi connectivity index (χ2n) is 2.97. The van der Waals surface area contributed by atoms with E-state index in [1.165, 1.54) is 0 Å². The number of carbonyl (C=O) groups is 1. The SMILES string of the molecule is CCCCC(=O)c1c(N)c(=O)c1=O. The zero-order valence-corrected chi connectivity index (χ0v) is 7.42. The number of unbranched alkanes of at least 4 members (excludes halogenated alkanes) is 1. The molecule has 0 aliphatic carbocycles. The summed E-state index contributed by atoms with van der Waals surface area (Å²) < 4.78 is 0. The average molecular weight is 181 g/mol. The van der Waals surface area contributed by atoms with Crippen LogP contribution in [0.4, 0.5) is 5.69 Å². The molecule has 0 aliphatic rings. The quantitative estimate of drug-likeness (QED) is 0.533. The van der Waals surface area contributed by atoms with Gasteiger partial charge in [-0.3, -0.25) is 14.4 Å². The van der Waals surface area contributed by atoms with Gasteiger partial charge in [0.05, 0.1) is 11.3 Å². The van der Waals surface area contributed by atoms with Crippen molar-refractivity contribution in [3.05, 3.63) is 26.0 Å². The molecule has 0 amide bonds. The summed E-state index contributed by atoms with van der Waals surface area (Å²) in [5, 5.41) is 0. The van der Waals surface area contributed by atoms with Crippen LogP contribution in [0.3, 0.4) is 0 Å². The van der Waals surface area contributed by atoms with Gasteiger partial charge >= 0.3 is 0 Å². The molecule has 4 nitrogen and oxygen atoms in total. The summed E-state index contributed by atoms with van der Waals surface area (Å²) in [6, 6.07) is 0. The molecule has 0 bridgehead atoms. The van der Waals surface area contributed by atoms with Gasteiger partial charge in [0.25, 0.3) is 0 Å². The average Bonchev–Trinajstić information content (AvgIpc) is 2.14. The van der Waals surface area contributed by atoms with E-state index < -0.39 is 10.9 Å². The van der Waals surface area contributed by atoms with Gasteiger partial charge in [-0.2, -0.15) is 0 Å². The molecule has 1 aromatic rings. The van der Waals surface area contributed by atoms with Crippen molar-refractivity contribution < 1.29 is 4.79 Å². The largest absolute Gasteiger partial charge is 0.395 e. The van der Waals surface area contributed by atoms with Crippen LogP contribution in [0.1, 0.15) is 36.5 Å². The summed E-state index contributed by atoms with van der Waals surface area (Å²) in [6.07, 6.45) is 1.89. The lowest BCUT2D eigenvalue weighted by molar-refractivity contribution is 0.0978. The summed E-state index contributed by atoms with van der Waals surface area (Å²) >= 11 is 0. The van der Waals surface area contributed by atoms with E-state index in [4.69, 9.17) is 5.73 Å². The number of nitrogen functional groups attached to an aromatic ring is 1. The third kappa shape index (κ3) is 1.52. The molecule has 0 saturated carbocycles. The number of hydrogen-bond donors (Lipinski definition) is 1. The summed E-state index contributed by atoms with van der Waals surface area (Å²) in [6.45, 7) is 1.94. The van der Waals surface area contributed by atoms with Crippen molar-refractivity contribution in [1.82, 2.24) is 0 Å². The van der Waals surface area contributed by atoms with E-state index in [-0.39, 0.29) is 17.0 Å². The van der Waals surface area contributed by atoms with Gasteiger partial charge in [0, 0.05) is 6.42 Å². The Morgan fingerprint density at radius 2 is 1.92 bits per heavy atom. The Hall–Kier alpha value is -1.45. The van der Waals surface area contributed by atoms with E-state index in [1.54, 1.807) is 0 Å². The number of anilines is 1. The van der Waals surface area contributed by atoms with Crippen LogP contribution in [0.15, 0.2) is 9.59 Å². The Bertz CT molecular complexity index is 399. The molecule has 0 heterocycles. The van der Waals surface area contributed by atoms with Gasteiger partial charge in [-0.05, 0) is 6.42 Å². The molecule has 4 heteroatoms. The number of hydrogen-bond acceptors (Lipinski definition) is 4. The fraction of sp³-hybridized carbons (Fsp3) is 0.444. The van der Waals surface area contributed by atoms with Crippen LogP contribution in [0.25, 0.3) is 0 Å². The van der Waals surface area contributed by atoms with Gasteiger partial charge in [0.15, 0.2) is 5.78 Å². The molecular formula is C9H11NO3. The molecule has 0 aromatic heterocycles. The van der Waals surface area contributed by atoms with Crippen LogP contribution >= 0.6 is 0 Å². The molecule has 70 valence electrons. The van der Waals surface area contributed by atoms with E-state index in [2.05, 4.69) is 0 Å². The van der Waals surface area contributed by atoms with Crippen molar-refractivity contribution >= 4 is 11.5 Å². The van der Waals surface area contributed by atoms with Crippen LogP contribution in [-0.4, -0.2) is 5.78 Å². The molecule has 0 radical (unpaired) electrons. The highest BCUT2D eigenvalue weighted by molar-refractivity contribution is 6.02. The Morgan fingerprint density at radius 3 is 2.38 bits per heavy atom. The van der Waals surface area contributed by atoms with Crippen LogP contribution in [-0.2, 0) is 0 Å². The van der Waals surface area contributed by atoms with Gasteiger partial charge in [-0.1, -0.05) is 13.3 Å².